The van der Waals surface area contributed by atoms with E-state index in [0.717, 1.165) is 17.6 Å². The van der Waals surface area contributed by atoms with E-state index in [1.807, 2.05) is 12.1 Å². The second-order valence-electron chi connectivity index (χ2n) is 5.49. The number of anilines is 1. The smallest absolute Gasteiger partial charge is 0.120 e. The average Bonchev–Trinajstić information content (AvgIpc) is 2.28. The van der Waals surface area contributed by atoms with E-state index in [0.29, 0.717) is 6.04 Å². The zero-order valence-electron chi connectivity index (χ0n) is 11.1. The third-order valence-electron chi connectivity index (χ3n) is 3.62. The second-order valence-corrected chi connectivity index (χ2v) is 5.49. The van der Waals surface area contributed by atoms with Gasteiger partial charge in [-0.15, -0.1) is 0 Å². The van der Waals surface area contributed by atoms with Crippen molar-refractivity contribution in [1.82, 2.24) is 0 Å². The molecule has 0 saturated heterocycles. The molecule has 2 rings (SSSR count). The molecule has 2 unspecified atom stereocenters. The first-order chi connectivity index (χ1) is 8.17. The molecule has 0 bridgehead atoms. The highest BCUT2D eigenvalue weighted by molar-refractivity contribution is 5.48. The number of ether oxygens (including phenoxy) is 1. The standard InChI is InChI=1S/C15H23NO/c1-11-7-12(2)9-14(8-11)16-13-5-4-6-15(10-13)17-3/h4-6,10-12,14,16H,7-9H2,1-3H3. The van der Waals surface area contributed by atoms with Crippen LogP contribution in [0.3, 0.4) is 0 Å². The molecule has 0 amide bonds. The Hall–Kier alpha value is -1.18. The quantitative estimate of drug-likeness (QED) is 0.854. The normalized spacial score (nSPS) is 28.8. The van der Waals surface area contributed by atoms with Crippen LogP contribution >= 0.6 is 0 Å². The fraction of sp³-hybridized carbons (Fsp3) is 0.600. The zero-order chi connectivity index (χ0) is 12.3. The topological polar surface area (TPSA) is 21.3 Å². The minimum Gasteiger partial charge on any atom is -0.497 e. The lowest BCUT2D eigenvalue weighted by molar-refractivity contribution is 0.281. The van der Waals surface area contributed by atoms with Crippen molar-refractivity contribution in [2.75, 3.05) is 12.4 Å². The summed E-state index contributed by atoms with van der Waals surface area (Å²) in [4.78, 5) is 0. The van der Waals surface area contributed by atoms with Gasteiger partial charge in [0, 0.05) is 17.8 Å². The molecule has 0 aliphatic heterocycles. The Bertz CT molecular complexity index is 354. The Morgan fingerprint density at radius 2 is 1.82 bits per heavy atom. The van der Waals surface area contributed by atoms with Gasteiger partial charge in [0.15, 0.2) is 0 Å². The van der Waals surface area contributed by atoms with Gasteiger partial charge in [-0.2, -0.15) is 0 Å². The molecule has 2 atom stereocenters. The third kappa shape index (κ3) is 3.39. The van der Waals surface area contributed by atoms with Crippen LogP contribution in [0.1, 0.15) is 33.1 Å². The summed E-state index contributed by atoms with van der Waals surface area (Å²) in [6, 6.07) is 8.82. The lowest BCUT2D eigenvalue weighted by atomic mass is 9.80. The summed E-state index contributed by atoms with van der Waals surface area (Å²) in [7, 11) is 1.71. The Kier molecular flexibility index (Phi) is 3.93. The highest BCUT2D eigenvalue weighted by atomic mass is 16.5. The molecule has 0 radical (unpaired) electrons. The van der Waals surface area contributed by atoms with E-state index in [1.54, 1.807) is 7.11 Å². The molecule has 0 aromatic heterocycles. The van der Waals surface area contributed by atoms with Crippen LogP contribution < -0.4 is 10.1 Å². The molecule has 1 aliphatic rings. The molecular weight excluding hydrogens is 210 g/mol. The lowest BCUT2D eigenvalue weighted by Gasteiger charge is -2.32. The molecule has 1 saturated carbocycles. The summed E-state index contributed by atoms with van der Waals surface area (Å²) in [6.45, 7) is 4.71. The average molecular weight is 233 g/mol. The van der Waals surface area contributed by atoms with Crippen LogP contribution in [-0.2, 0) is 0 Å². The van der Waals surface area contributed by atoms with Gasteiger partial charge in [-0.1, -0.05) is 19.9 Å². The Morgan fingerprint density at radius 1 is 1.12 bits per heavy atom. The number of benzene rings is 1. The number of hydrogen-bond donors (Lipinski definition) is 1. The van der Waals surface area contributed by atoms with Gasteiger partial charge < -0.3 is 10.1 Å². The fourth-order valence-electron chi connectivity index (χ4n) is 3.01. The molecule has 94 valence electrons. The molecule has 2 nitrogen and oxygen atoms in total. The molecule has 1 aromatic rings. The maximum atomic E-state index is 5.25. The summed E-state index contributed by atoms with van der Waals surface area (Å²) >= 11 is 0. The number of methoxy groups -OCH3 is 1. The Labute approximate surface area is 104 Å². The van der Waals surface area contributed by atoms with Gasteiger partial charge in [0.1, 0.15) is 5.75 Å². The molecule has 1 aromatic carbocycles. The van der Waals surface area contributed by atoms with Crippen LogP contribution in [0.2, 0.25) is 0 Å². The van der Waals surface area contributed by atoms with E-state index in [1.165, 1.54) is 24.9 Å². The molecule has 1 fully saturated rings. The van der Waals surface area contributed by atoms with E-state index in [4.69, 9.17) is 4.74 Å². The van der Waals surface area contributed by atoms with Crippen molar-refractivity contribution in [2.24, 2.45) is 11.8 Å². The second kappa shape index (κ2) is 5.44. The molecular formula is C15H23NO. The van der Waals surface area contributed by atoms with E-state index in [-0.39, 0.29) is 0 Å². The molecule has 17 heavy (non-hydrogen) atoms. The van der Waals surface area contributed by atoms with Crippen molar-refractivity contribution in [3.8, 4) is 5.75 Å². The van der Waals surface area contributed by atoms with Gasteiger partial charge in [-0.25, -0.2) is 0 Å². The van der Waals surface area contributed by atoms with Gasteiger partial charge in [0.05, 0.1) is 7.11 Å². The van der Waals surface area contributed by atoms with Gasteiger partial charge >= 0.3 is 0 Å². The van der Waals surface area contributed by atoms with E-state index in [9.17, 15) is 0 Å². The SMILES string of the molecule is COc1cccc(NC2CC(C)CC(C)C2)c1. The van der Waals surface area contributed by atoms with Crippen LogP contribution in [-0.4, -0.2) is 13.2 Å². The maximum Gasteiger partial charge on any atom is 0.120 e. The largest absolute Gasteiger partial charge is 0.497 e. The van der Waals surface area contributed by atoms with Crippen molar-refractivity contribution < 1.29 is 4.74 Å². The first-order valence-electron chi connectivity index (χ1n) is 6.58. The first kappa shape index (κ1) is 12.3. The summed E-state index contributed by atoms with van der Waals surface area (Å²) in [5.41, 5.74) is 1.18. The summed E-state index contributed by atoms with van der Waals surface area (Å²) < 4.78 is 5.25. The minimum absolute atomic E-state index is 0.612. The van der Waals surface area contributed by atoms with Crippen LogP contribution in [0, 0.1) is 11.8 Å². The highest BCUT2D eigenvalue weighted by Crippen LogP contribution is 2.30. The van der Waals surface area contributed by atoms with E-state index < -0.39 is 0 Å². The Balaban J connectivity index is 1.99. The van der Waals surface area contributed by atoms with Crippen molar-refractivity contribution >= 4 is 5.69 Å². The van der Waals surface area contributed by atoms with Crippen LogP contribution in [0.15, 0.2) is 24.3 Å². The molecule has 0 spiro atoms. The van der Waals surface area contributed by atoms with Crippen molar-refractivity contribution in [3.63, 3.8) is 0 Å². The number of rotatable bonds is 3. The van der Waals surface area contributed by atoms with Crippen LogP contribution in [0.4, 0.5) is 5.69 Å². The molecule has 2 heteroatoms. The lowest BCUT2D eigenvalue weighted by Crippen LogP contribution is -2.30. The zero-order valence-corrected chi connectivity index (χ0v) is 11.1. The summed E-state index contributed by atoms with van der Waals surface area (Å²) in [5.74, 6) is 2.59. The van der Waals surface area contributed by atoms with Gasteiger partial charge in [0.25, 0.3) is 0 Å². The monoisotopic (exact) mass is 233 g/mol. The first-order valence-corrected chi connectivity index (χ1v) is 6.58. The molecule has 0 heterocycles. The Morgan fingerprint density at radius 3 is 2.47 bits per heavy atom. The van der Waals surface area contributed by atoms with Crippen molar-refractivity contribution in [3.05, 3.63) is 24.3 Å². The number of hydrogen-bond acceptors (Lipinski definition) is 2. The number of nitrogens with one attached hydrogen (secondary N) is 1. The predicted octanol–water partition coefficient (Wildman–Crippen LogP) is 3.93. The van der Waals surface area contributed by atoms with Gasteiger partial charge in [-0.3, -0.25) is 0 Å². The third-order valence-corrected chi connectivity index (χ3v) is 3.62. The van der Waals surface area contributed by atoms with Crippen molar-refractivity contribution in [1.29, 1.82) is 0 Å². The molecule has 1 N–H and O–H groups in total. The maximum absolute atomic E-state index is 5.25. The van der Waals surface area contributed by atoms with E-state index in [2.05, 4.69) is 31.3 Å². The predicted molar refractivity (Wildman–Crippen MR) is 72.6 cm³/mol. The van der Waals surface area contributed by atoms with Crippen molar-refractivity contribution in [2.45, 2.75) is 39.2 Å². The molecule has 1 aliphatic carbocycles. The van der Waals surface area contributed by atoms with Crippen LogP contribution in [0.25, 0.3) is 0 Å². The highest BCUT2D eigenvalue weighted by Gasteiger charge is 2.23. The van der Waals surface area contributed by atoms with Gasteiger partial charge in [0.2, 0.25) is 0 Å². The van der Waals surface area contributed by atoms with E-state index >= 15 is 0 Å². The van der Waals surface area contributed by atoms with Crippen LogP contribution in [0.5, 0.6) is 5.75 Å². The minimum atomic E-state index is 0.612. The summed E-state index contributed by atoms with van der Waals surface area (Å²) in [6.07, 6.45) is 3.93. The fourth-order valence-corrected chi connectivity index (χ4v) is 3.01. The summed E-state index contributed by atoms with van der Waals surface area (Å²) in [5, 5.41) is 3.64. The van der Waals surface area contributed by atoms with Gasteiger partial charge in [-0.05, 0) is 43.2 Å².